The van der Waals surface area contributed by atoms with Gasteiger partial charge in [0.15, 0.2) is 0 Å². The first kappa shape index (κ1) is 8.50. The third-order valence-electron chi connectivity index (χ3n) is 1.84. The molecule has 0 fully saturated rings. The van der Waals surface area contributed by atoms with E-state index >= 15 is 0 Å². The van der Waals surface area contributed by atoms with E-state index in [0.29, 0.717) is 5.75 Å². The first-order valence-corrected chi connectivity index (χ1v) is 3.90. The third-order valence-corrected chi connectivity index (χ3v) is 1.84. The number of fused-ring (bicyclic) bond motifs is 1. The van der Waals surface area contributed by atoms with Gasteiger partial charge >= 0.3 is 11.9 Å². The van der Waals surface area contributed by atoms with Gasteiger partial charge in [0.05, 0.1) is 17.4 Å². The van der Waals surface area contributed by atoms with Gasteiger partial charge in [-0.05, 0) is 18.2 Å². The lowest BCUT2D eigenvalue weighted by atomic mass is 10.1. The van der Waals surface area contributed by atoms with E-state index in [1.807, 2.05) is 0 Å². The SMILES string of the molecule is C=COc1ccc2c(c1)C(=O)OC2=O. The predicted molar refractivity (Wildman–Crippen MR) is 47.0 cm³/mol. The van der Waals surface area contributed by atoms with Crippen LogP contribution in [0.1, 0.15) is 20.7 Å². The molecule has 4 nitrogen and oxygen atoms in total. The molecular weight excluding hydrogens is 184 g/mol. The van der Waals surface area contributed by atoms with Gasteiger partial charge in [0, 0.05) is 0 Å². The van der Waals surface area contributed by atoms with Gasteiger partial charge in [-0.1, -0.05) is 6.58 Å². The Morgan fingerprint density at radius 1 is 1.21 bits per heavy atom. The van der Waals surface area contributed by atoms with E-state index in [-0.39, 0.29) is 11.1 Å². The number of rotatable bonds is 2. The van der Waals surface area contributed by atoms with Crippen molar-refractivity contribution in [1.82, 2.24) is 0 Å². The molecule has 0 saturated heterocycles. The van der Waals surface area contributed by atoms with Gasteiger partial charge in [0.1, 0.15) is 5.75 Å². The largest absolute Gasteiger partial charge is 0.466 e. The summed E-state index contributed by atoms with van der Waals surface area (Å²) in [5.41, 5.74) is 0.501. The van der Waals surface area contributed by atoms with Crippen LogP contribution >= 0.6 is 0 Å². The second kappa shape index (κ2) is 2.99. The van der Waals surface area contributed by atoms with Gasteiger partial charge in [0.25, 0.3) is 0 Å². The van der Waals surface area contributed by atoms with E-state index in [0.717, 1.165) is 0 Å². The Morgan fingerprint density at radius 3 is 2.64 bits per heavy atom. The zero-order valence-electron chi connectivity index (χ0n) is 7.15. The van der Waals surface area contributed by atoms with Gasteiger partial charge in [-0.15, -0.1) is 0 Å². The van der Waals surface area contributed by atoms with Crippen LogP contribution in [0.15, 0.2) is 31.0 Å². The van der Waals surface area contributed by atoms with E-state index in [4.69, 9.17) is 4.74 Å². The number of esters is 2. The number of ether oxygens (including phenoxy) is 2. The van der Waals surface area contributed by atoms with Crippen LogP contribution in [0.3, 0.4) is 0 Å². The maximum Gasteiger partial charge on any atom is 0.347 e. The summed E-state index contributed by atoms with van der Waals surface area (Å²) in [6.45, 7) is 3.38. The van der Waals surface area contributed by atoms with Crippen molar-refractivity contribution in [3.63, 3.8) is 0 Å². The van der Waals surface area contributed by atoms with Crippen LogP contribution in [0.25, 0.3) is 0 Å². The van der Waals surface area contributed by atoms with E-state index in [9.17, 15) is 9.59 Å². The highest BCUT2D eigenvalue weighted by molar-refractivity contribution is 6.14. The Kier molecular flexibility index (Phi) is 1.81. The fourth-order valence-electron chi connectivity index (χ4n) is 1.23. The van der Waals surface area contributed by atoms with Crippen molar-refractivity contribution in [3.8, 4) is 5.75 Å². The lowest BCUT2D eigenvalue weighted by Crippen LogP contribution is -1.96. The highest BCUT2D eigenvalue weighted by Crippen LogP contribution is 2.24. The van der Waals surface area contributed by atoms with E-state index in [1.165, 1.54) is 18.4 Å². The van der Waals surface area contributed by atoms with Crippen molar-refractivity contribution in [2.24, 2.45) is 0 Å². The minimum absolute atomic E-state index is 0.231. The van der Waals surface area contributed by atoms with Crippen LogP contribution in [0.5, 0.6) is 5.75 Å². The Hall–Kier alpha value is -2.10. The minimum atomic E-state index is -0.639. The molecule has 0 amide bonds. The summed E-state index contributed by atoms with van der Waals surface area (Å²) in [6.07, 6.45) is 1.24. The average molecular weight is 190 g/mol. The standard InChI is InChI=1S/C10H6O4/c1-2-13-6-3-4-7-8(5-6)10(12)14-9(7)11/h2-5H,1H2. The highest BCUT2D eigenvalue weighted by atomic mass is 16.6. The second-order valence-corrected chi connectivity index (χ2v) is 2.67. The number of hydrogen-bond donors (Lipinski definition) is 0. The number of carbonyl (C=O) groups is 2. The third kappa shape index (κ3) is 1.17. The molecule has 0 bridgehead atoms. The van der Waals surface area contributed by atoms with Crippen molar-refractivity contribution in [2.75, 3.05) is 0 Å². The van der Waals surface area contributed by atoms with E-state index < -0.39 is 11.9 Å². The number of cyclic esters (lactones) is 2. The van der Waals surface area contributed by atoms with Crippen molar-refractivity contribution < 1.29 is 19.1 Å². The lowest BCUT2D eigenvalue weighted by molar-refractivity contribution is 0.0443. The molecule has 1 aliphatic heterocycles. The molecular formula is C10H6O4. The van der Waals surface area contributed by atoms with Crippen molar-refractivity contribution in [1.29, 1.82) is 0 Å². The fourth-order valence-corrected chi connectivity index (χ4v) is 1.23. The summed E-state index contributed by atoms with van der Waals surface area (Å²) < 4.78 is 9.37. The maximum absolute atomic E-state index is 11.1. The van der Waals surface area contributed by atoms with Gasteiger partial charge in [-0.25, -0.2) is 9.59 Å². The number of benzene rings is 1. The molecule has 0 aliphatic carbocycles. The van der Waals surface area contributed by atoms with Gasteiger partial charge in [0.2, 0.25) is 0 Å². The summed E-state index contributed by atoms with van der Waals surface area (Å²) in [5.74, 6) is -0.805. The molecule has 4 heteroatoms. The molecule has 1 aromatic carbocycles. The zero-order valence-corrected chi connectivity index (χ0v) is 7.15. The Balaban J connectivity index is 2.49. The Bertz CT molecular complexity index is 434. The highest BCUT2D eigenvalue weighted by Gasteiger charge is 2.29. The molecule has 70 valence electrons. The zero-order chi connectivity index (χ0) is 10.1. The minimum Gasteiger partial charge on any atom is -0.466 e. The maximum atomic E-state index is 11.1. The monoisotopic (exact) mass is 190 g/mol. The van der Waals surface area contributed by atoms with Gasteiger partial charge in [-0.2, -0.15) is 0 Å². The quantitative estimate of drug-likeness (QED) is 0.403. The topological polar surface area (TPSA) is 52.6 Å². The molecule has 0 saturated carbocycles. The smallest absolute Gasteiger partial charge is 0.347 e. The van der Waals surface area contributed by atoms with Crippen LogP contribution in [-0.2, 0) is 4.74 Å². The molecule has 0 unspecified atom stereocenters. The Morgan fingerprint density at radius 2 is 1.93 bits per heavy atom. The van der Waals surface area contributed by atoms with Gasteiger partial charge in [-0.3, -0.25) is 0 Å². The molecule has 14 heavy (non-hydrogen) atoms. The molecule has 0 aromatic heterocycles. The molecule has 1 heterocycles. The number of carbonyl (C=O) groups excluding carboxylic acids is 2. The van der Waals surface area contributed by atoms with Crippen molar-refractivity contribution in [3.05, 3.63) is 42.2 Å². The van der Waals surface area contributed by atoms with Crippen LogP contribution in [-0.4, -0.2) is 11.9 Å². The normalized spacial score (nSPS) is 13.4. The molecule has 1 aromatic rings. The molecule has 1 aliphatic rings. The van der Waals surface area contributed by atoms with Crippen LogP contribution in [0.2, 0.25) is 0 Å². The molecule has 0 radical (unpaired) electrons. The fraction of sp³-hybridized carbons (Fsp3) is 0. The van der Waals surface area contributed by atoms with Crippen LogP contribution < -0.4 is 4.74 Å². The molecule has 2 rings (SSSR count). The lowest BCUT2D eigenvalue weighted by Gasteiger charge is -1.99. The van der Waals surface area contributed by atoms with E-state index in [1.54, 1.807) is 6.07 Å². The van der Waals surface area contributed by atoms with Gasteiger partial charge < -0.3 is 9.47 Å². The average Bonchev–Trinajstić information content (AvgIpc) is 2.43. The van der Waals surface area contributed by atoms with E-state index in [2.05, 4.69) is 11.3 Å². The summed E-state index contributed by atoms with van der Waals surface area (Å²) in [6, 6.07) is 4.51. The van der Waals surface area contributed by atoms with Crippen molar-refractivity contribution >= 4 is 11.9 Å². The van der Waals surface area contributed by atoms with Crippen molar-refractivity contribution in [2.45, 2.75) is 0 Å². The first-order chi connectivity index (χ1) is 6.72. The first-order valence-electron chi connectivity index (χ1n) is 3.90. The second-order valence-electron chi connectivity index (χ2n) is 2.67. The summed E-state index contributed by atoms with van der Waals surface area (Å²) >= 11 is 0. The predicted octanol–water partition coefficient (Wildman–Crippen LogP) is 1.52. The summed E-state index contributed by atoms with van der Waals surface area (Å²) in [4.78, 5) is 22.1. The van der Waals surface area contributed by atoms with Crippen LogP contribution in [0, 0.1) is 0 Å². The molecule has 0 spiro atoms. The summed E-state index contributed by atoms with van der Waals surface area (Å²) in [7, 11) is 0. The van der Waals surface area contributed by atoms with Crippen LogP contribution in [0.4, 0.5) is 0 Å². The Labute approximate surface area is 79.7 Å². The summed E-state index contributed by atoms with van der Waals surface area (Å²) in [5, 5.41) is 0. The number of hydrogen-bond acceptors (Lipinski definition) is 4. The molecule has 0 N–H and O–H groups in total. The molecule has 0 atom stereocenters.